The smallest absolute Gasteiger partial charge is 0.164 e. The highest BCUT2D eigenvalue weighted by Gasteiger charge is 2.24. The van der Waals surface area contributed by atoms with E-state index >= 15 is 0 Å². The van der Waals surface area contributed by atoms with Crippen LogP contribution in [0.5, 0.6) is 0 Å². The molecular formula is C57H33N5O. The van der Waals surface area contributed by atoms with E-state index in [4.69, 9.17) is 19.4 Å². The molecule has 292 valence electrons. The van der Waals surface area contributed by atoms with E-state index in [1.54, 1.807) is 0 Å². The lowest BCUT2D eigenvalue weighted by molar-refractivity contribution is 0.669. The summed E-state index contributed by atoms with van der Waals surface area (Å²) in [5.41, 5.74) is 11.2. The molecule has 10 aromatic carbocycles. The van der Waals surface area contributed by atoms with Crippen molar-refractivity contribution in [1.82, 2.24) is 24.1 Å². The first-order chi connectivity index (χ1) is 31.2. The molecule has 0 radical (unpaired) electrons. The number of para-hydroxylation sites is 3. The molecule has 0 aliphatic heterocycles. The zero-order valence-corrected chi connectivity index (χ0v) is 33.7. The zero-order chi connectivity index (χ0) is 41.2. The molecule has 0 unspecified atom stereocenters. The second-order valence-corrected chi connectivity index (χ2v) is 16.3. The molecule has 6 heteroatoms. The summed E-state index contributed by atoms with van der Waals surface area (Å²) in [5, 5.41) is 12.2. The summed E-state index contributed by atoms with van der Waals surface area (Å²) in [6.45, 7) is 0. The minimum Gasteiger partial charge on any atom is -0.456 e. The van der Waals surface area contributed by atoms with Crippen LogP contribution in [0.25, 0.3) is 133 Å². The van der Waals surface area contributed by atoms with Crippen LogP contribution in [0.2, 0.25) is 0 Å². The van der Waals surface area contributed by atoms with Gasteiger partial charge in [-0.05, 0) is 82.9 Å². The number of aromatic nitrogens is 5. The van der Waals surface area contributed by atoms with Gasteiger partial charge in [-0.2, -0.15) is 0 Å². The fourth-order valence-electron chi connectivity index (χ4n) is 10.2. The van der Waals surface area contributed by atoms with Gasteiger partial charge in [0.05, 0.1) is 22.1 Å². The average molecular weight is 804 g/mol. The molecule has 14 aromatic rings. The topological polar surface area (TPSA) is 61.7 Å². The van der Waals surface area contributed by atoms with Crippen molar-refractivity contribution in [3.8, 4) is 45.5 Å². The Hall–Kier alpha value is -8.61. The molecule has 4 aromatic heterocycles. The van der Waals surface area contributed by atoms with Gasteiger partial charge in [0, 0.05) is 65.8 Å². The lowest BCUT2D eigenvalue weighted by atomic mass is 9.92. The molecule has 0 N–H and O–H groups in total. The number of hydrogen-bond donors (Lipinski definition) is 0. The fraction of sp³-hybridized carbons (Fsp3) is 0. The highest BCUT2D eigenvalue weighted by molar-refractivity contribution is 6.40. The minimum absolute atomic E-state index is 0.585. The molecular weight excluding hydrogens is 771 g/mol. The molecule has 0 amide bonds. The monoisotopic (exact) mass is 803 g/mol. The van der Waals surface area contributed by atoms with E-state index < -0.39 is 0 Å². The Morgan fingerprint density at radius 2 is 0.778 bits per heavy atom. The lowest BCUT2D eigenvalue weighted by Crippen LogP contribution is -2.01. The van der Waals surface area contributed by atoms with E-state index in [2.05, 4.69) is 155 Å². The highest BCUT2D eigenvalue weighted by Crippen LogP contribution is 2.48. The maximum Gasteiger partial charge on any atom is 0.164 e. The van der Waals surface area contributed by atoms with Crippen LogP contribution in [0.4, 0.5) is 0 Å². The Kier molecular flexibility index (Phi) is 7.02. The van der Waals surface area contributed by atoms with Gasteiger partial charge in [-0.25, -0.2) is 15.0 Å². The van der Waals surface area contributed by atoms with Crippen molar-refractivity contribution in [1.29, 1.82) is 0 Å². The third kappa shape index (κ3) is 4.91. The van der Waals surface area contributed by atoms with Gasteiger partial charge in [-0.3, -0.25) is 0 Å². The Morgan fingerprint density at radius 1 is 0.286 bits per heavy atom. The molecule has 0 saturated heterocycles. The van der Waals surface area contributed by atoms with E-state index in [0.717, 1.165) is 61.0 Å². The van der Waals surface area contributed by atoms with Crippen LogP contribution in [0.1, 0.15) is 0 Å². The summed E-state index contributed by atoms with van der Waals surface area (Å²) in [6.07, 6.45) is 0. The Bertz CT molecular complexity index is 4140. The molecule has 14 rings (SSSR count). The van der Waals surface area contributed by atoms with Crippen molar-refractivity contribution in [2.75, 3.05) is 0 Å². The van der Waals surface area contributed by atoms with E-state index in [0.29, 0.717) is 17.5 Å². The second-order valence-electron chi connectivity index (χ2n) is 16.3. The van der Waals surface area contributed by atoms with Crippen LogP contribution in [0, 0.1) is 0 Å². The molecule has 6 nitrogen and oxygen atoms in total. The molecule has 0 bridgehead atoms. The summed E-state index contributed by atoms with van der Waals surface area (Å²) in [4.78, 5) is 15.4. The Balaban J connectivity index is 0.991. The van der Waals surface area contributed by atoms with Gasteiger partial charge < -0.3 is 13.6 Å². The van der Waals surface area contributed by atoms with Crippen LogP contribution in [0.15, 0.2) is 205 Å². The predicted molar refractivity (Wildman–Crippen MR) is 258 cm³/mol. The van der Waals surface area contributed by atoms with Gasteiger partial charge in [-0.1, -0.05) is 133 Å². The van der Waals surface area contributed by atoms with Crippen LogP contribution in [-0.4, -0.2) is 24.1 Å². The number of benzene rings is 10. The van der Waals surface area contributed by atoms with E-state index in [1.807, 2.05) is 54.6 Å². The number of rotatable bonds is 5. The molecule has 0 spiro atoms. The lowest BCUT2D eigenvalue weighted by Gasteiger charge is -2.11. The number of hydrogen-bond acceptors (Lipinski definition) is 4. The first kappa shape index (κ1) is 34.1. The van der Waals surface area contributed by atoms with E-state index in [-0.39, 0.29) is 0 Å². The summed E-state index contributed by atoms with van der Waals surface area (Å²) >= 11 is 0. The Labute approximate surface area is 359 Å². The summed E-state index contributed by atoms with van der Waals surface area (Å²) in [6, 6.07) is 70.8. The number of furan rings is 1. The predicted octanol–water partition coefficient (Wildman–Crippen LogP) is 14.7. The van der Waals surface area contributed by atoms with Gasteiger partial charge in [0.1, 0.15) is 11.2 Å². The maximum absolute atomic E-state index is 6.30. The van der Waals surface area contributed by atoms with Gasteiger partial charge >= 0.3 is 0 Å². The molecule has 0 fully saturated rings. The quantitative estimate of drug-likeness (QED) is 0.163. The summed E-state index contributed by atoms with van der Waals surface area (Å²) in [7, 11) is 0. The van der Waals surface area contributed by atoms with Crippen molar-refractivity contribution in [2.45, 2.75) is 0 Å². The van der Waals surface area contributed by atoms with Crippen LogP contribution >= 0.6 is 0 Å². The second kappa shape index (κ2) is 12.9. The highest BCUT2D eigenvalue weighted by atomic mass is 16.3. The first-order valence-electron chi connectivity index (χ1n) is 21.3. The van der Waals surface area contributed by atoms with Crippen molar-refractivity contribution < 1.29 is 4.42 Å². The molecule has 63 heavy (non-hydrogen) atoms. The van der Waals surface area contributed by atoms with Crippen molar-refractivity contribution >= 4 is 87.1 Å². The number of nitrogens with zero attached hydrogens (tertiary/aromatic N) is 5. The van der Waals surface area contributed by atoms with Crippen molar-refractivity contribution in [2.24, 2.45) is 0 Å². The molecule has 0 atom stereocenters. The summed E-state index contributed by atoms with van der Waals surface area (Å²) < 4.78 is 11.1. The summed E-state index contributed by atoms with van der Waals surface area (Å²) in [5.74, 6) is 1.79. The first-order valence-corrected chi connectivity index (χ1v) is 21.3. The van der Waals surface area contributed by atoms with Gasteiger partial charge in [0.2, 0.25) is 0 Å². The Morgan fingerprint density at radius 3 is 1.59 bits per heavy atom. The maximum atomic E-state index is 6.30. The minimum atomic E-state index is 0.585. The largest absolute Gasteiger partial charge is 0.456 e. The fourth-order valence-corrected chi connectivity index (χ4v) is 10.2. The van der Waals surface area contributed by atoms with Crippen LogP contribution in [-0.2, 0) is 0 Å². The standard InChI is InChI=1S/C57H33N5O/c1-3-14-34(15-4-1)55-58-56(60-57(59-55)36-28-29-40-39-20-8-10-27-49(39)63-50(40)33-36)35-16-11-19-38(32-35)62-46-25-12-22-41-42-30-31-48-53(51(42)44-23-13-26-47(62)54(44)52(41)46)43-21-7-9-24-45(43)61(48)37-17-5-2-6-18-37/h1-33H. The number of fused-ring (bicyclic) bond motifs is 10. The third-order valence-corrected chi connectivity index (χ3v) is 12.9. The van der Waals surface area contributed by atoms with Gasteiger partial charge in [0.15, 0.2) is 17.5 Å². The molecule has 0 saturated carbocycles. The van der Waals surface area contributed by atoms with Crippen LogP contribution in [0.3, 0.4) is 0 Å². The van der Waals surface area contributed by atoms with E-state index in [9.17, 15) is 0 Å². The molecule has 0 aliphatic rings. The average Bonchev–Trinajstić information content (AvgIpc) is 4.02. The zero-order valence-electron chi connectivity index (χ0n) is 33.7. The van der Waals surface area contributed by atoms with Crippen molar-refractivity contribution in [3.63, 3.8) is 0 Å². The molecule has 4 heterocycles. The van der Waals surface area contributed by atoms with Crippen LogP contribution < -0.4 is 0 Å². The van der Waals surface area contributed by atoms with Gasteiger partial charge in [-0.15, -0.1) is 0 Å². The molecule has 0 aliphatic carbocycles. The third-order valence-electron chi connectivity index (χ3n) is 12.9. The van der Waals surface area contributed by atoms with E-state index in [1.165, 1.54) is 54.1 Å². The van der Waals surface area contributed by atoms with Crippen molar-refractivity contribution in [3.05, 3.63) is 200 Å². The van der Waals surface area contributed by atoms with Gasteiger partial charge in [0.25, 0.3) is 0 Å². The normalized spacial score (nSPS) is 12.1. The SMILES string of the molecule is c1ccc(-c2nc(-c3cccc(-n4c5cccc6c7ccc8c(c9ccccc9n8-c8ccccc8)c7c7cccc4c7c65)c3)nc(-c3ccc4c(c3)oc3ccccc34)n2)cc1.